The summed E-state index contributed by atoms with van der Waals surface area (Å²) in [5.74, 6) is -0.550. The summed E-state index contributed by atoms with van der Waals surface area (Å²) in [4.78, 5) is 39.9. The minimum atomic E-state index is -4.53. The number of rotatable bonds is 13. The zero-order chi connectivity index (χ0) is 33.6. The summed E-state index contributed by atoms with van der Waals surface area (Å²) >= 11 is 12.4. The van der Waals surface area contributed by atoms with E-state index in [0.717, 1.165) is 36.1 Å². The molecular weight excluding hydrogens is 655 g/mol. The maximum absolute atomic E-state index is 14.3. The van der Waals surface area contributed by atoms with Crippen LogP contribution in [0.15, 0.2) is 65.6 Å². The predicted octanol–water partition coefficient (Wildman–Crippen LogP) is 6.28. The second-order valence-corrected chi connectivity index (χ2v) is 13.8. The first-order valence-electron chi connectivity index (χ1n) is 14.8. The highest BCUT2D eigenvalue weighted by Crippen LogP contribution is 2.30. The topological polar surface area (TPSA) is 139 Å². The number of ether oxygens (including phenoxy) is 1. The average molecular weight is 692 g/mol. The fourth-order valence-corrected chi connectivity index (χ4v) is 7.23. The number of benzene rings is 3. The number of halogens is 2. The van der Waals surface area contributed by atoms with Crippen LogP contribution in [-0.4, -0.2) is 55.8 Å². The molecule has 3 aromatic carbocycles. The summed E-state index contributed by atoms with van der Waals surface area (Å²) < 4.78 is 34.4. The summed E-state index contributed by atoms with van der Waals surface area (Å²) in [6, 6.07) is 13.5. The Morgan fingerprint density at radius 1 is 1.04 bits per heavy atom. The van der Waals surface area contributed by atoms with E-state index in [0.29, 0.717) is 16.3 Å². The molecule has 0 bridgehead atoms. The number of nitrogens with one attached hydrogen (secondary N) is 1. The lowest BCUT2D eigenvalue weighted by Gasteiger charge is -2.34. The molecule has 0 spiro atoms. The molecule has 11 nitrogen and oxygen atoms in total. The molecule has 2 amide bonds. The SMILES string of the molecule is CC[C@H](C(=O)NC1CCCC1)N(Cc1ccc(Cl)c(Cl)c1)C(=O)CN(c1ccc(OC)cc1)S(=O)(=O)c1ccc(C)c([N+](=O)[O-])c1. The summed E-state index contributed by atoms with van der Waals surface area (Å²) in [6.45, 7) is 2.52. The van der Waals surface area contributed by atoms with Crippen molar-refractivity contribution >= 4 is 56.4 Å². The molecule has 0 aromatic heterocycles. The molecule has 1 aliphatic rings. The van der Waals surface area contributed by atoms with Crippen molar-refractivity contribution in [1.82, 2.24) is 10.2 Å². The molecule has 0 radical (unpaired) electrons. The molecule has 1 fully saturated rings. The third-order valence-electron chi connectivity index (χ3n) is 8.03. The van der Waals surface area contributed by atoms with Crippen molar-refractivity contribution in [3.8, 4) is 5.75 Å². The van der Waals surface area contributed by atoms with E-state index in [2.05, 4.69) is 5.32 Å². The number of nitro groups is 1. The molecule has 1 atom stereocenters. The lowest BCUT2D eigenvalue weighted by molar-refractivity contribution is -0.385. The number of carbonyl (C=O) groups excluding carboxylic acids is 2. The standard InChI is InChI=1S/C32H36Cl2N4O7S/c1-4-29(32(40)35-23-7-5-6-8-23)36(19-22-10-16-27(33)28(34)17-22)31(39)20-37(24-11-13-25(45-3)14-12-24)46(43,44)26-15-9-21(2)30(18-26)38(41)42/h9-18,23,29H,4-8,19-20H2,1-3H3,(H,35,40)/t29-/m1/s1. The third kappa shape index (κ3) is 8.09. The van der Waals surface area contributed by atoms with Gasteiger partial charge in [-0.15, -0.1) is 0 Å². The number of carbonyl (C=O) groups is 2. The maximum atomic E-state index is 14.3. The van der Waals surface area contributed by atoms with E-state index in [9.17, 15) is 28.1 Å². The number of aryl methyl sites for hydroxylation is 1. The average Bonchev–Trinajstić information content (AvgIpc) is 3.54. The second-order valence-electron chi connectivity index (χ2n) is 11.1. The highest BCUT2D eigenvalue weighted by atomic mass is 35.5. The van der Waals surface area contributed by atoms with Crippen molar-refractivity contribution in [2.45, 2.75) is 69.5 Å². The van der Waals surface area contributed by atoms with Gasteiger partial charge >= 0.3 is 0 Å². The molecule has 1 aliphatic carbocycles. The van der Waals surface area contributed by atoms with E-state index in [1.165, 1.54) is 55.3 Å². The van der Waals surface area contributed by atoms with Crippen LogP contribution in [0.2, 0.25) is 10.0 Å². The van der Waals surface area contributed by atoms with E-state index in [1.54, 1.807) is 25.1 Å². The number of nitrogens with zero attached hydrogens (tertiary/aromatic N) is 3. The van der Waals surface area contributed by atoms with Gasteiger partial charge in [-0.05, 0) is 74.2 Å². The first kappa shape index (κ1) is 35.0. The summed E-state index contributed by atoms with van der Waals surface area (Å²) in [5.41, 5.74) is 0.610. The van der Waals surface area contributed by atoms with E-state index in [-0.39, 0.29) is 51.8 Å². The van der Waals surface area contributed by atoms with Crippen LogP contribution in [0.3, 0.4) is 0 Å². The quantitative estimate of drug-likeness (QED) is 0.164. The molecule has 4 rings (SSSR count). The number of nitro benzene ring substituents is 1. The van der Waals surface area contributed by atoms with Crippen LogP contribution < -0.4 is 14.4 Å². The summed E-state index contributed by atoms with van der Waals surface area (Å²) in [7, 11) is -3.07. The minimum absolute atomic E-state index is 0.00279. The molecule has 1 N–H and O–H groups in total. The highest BCUT2D eigenvalue weighted by molar-refractivity contribution is 7.92. The van der Waals surface area contributed by atoms with Gasteiger partial charge in [0.15, 0.2) is 0 Å². The van der Waals surface area contributed by atoms with Crippen molar-refractivity contribution in [3.63, 3.8) is 0 Å². The van der Waals surface area contributed by atoms with Gasteiger partial charge < -0.3 is 15.0 Å². The number of sulfonamides is 1. The Morgan fingerprint density at radius 3 is 2.30 bits per heavy atom. The Kier molecular flexibility index (Phi) is 11.5. The van der Waals surface area contributed by atoms with Gasteiger partial charge in [0, 0.05) is 24.2 Å². The maximum Gasteiger partial charge on any atom is 0.273 e. The van der Waals surface area contributed by atoms with E-state index < -0.39 is 33.4 Å². The normalized spacial score (nSPS) is 14.0. The van der Waals surface area contributed by atoms with Gasteiger partial charge in [0.2, 0.25) is 11.8 Å². The van der Waals surface area contributed by atoms with Crippen LogP contribution in [0.25, 0.3) is 0 Å². The van der Waals surface area contributed by atoms with Crippen LogP contribution in [0.4, 0.5) is 11.4 Å². The van der Waals surface area contributed by atoms with Gasteiger partial charge in [-0.3, -0.25) is 24.0 Å². The number of amides is 2. The van der Waals surface area contributed by atoms with Crippen LogP contribution >= 0.6 is 23.2 Å². The van der Waals surface area contributed by atoms with Gasteiger partial charge in [0.05, 0.1) is 32.7 Å². The Labute approximate surface area is 278 Å². The Bertz CT molecular complexity index is 1700. The Morgan fingerprint density at radius 2 is 1.72 bits per heavy atom. The highest BCUT2D eigenvalue weighted by Gasteiger charge is 2.35. The van der Waals surface area contributed by atoms with Crippen molar-refractivity contribution in [1.29, 1.82) is 0 Å². The van der Waals surface area contributed by atoms with Crippen LogP contribution in [-0.2, 0) is 26.2 Å². The largest absolute Gasteiger partial charge is 0.497 e. The first-order valence-corrected chi connectivity index (χ1v) is 17.0. The summed E-state index contributed by atoms with van der Waals surface area (Å²) in [6.07, 6.45) is 3.94. The molecule has 46 heavy (non-hydrogen) atoms. The zero-order valence-corrected chi connectivity index (χ0v) is 28.1. The molecule has 3 aromatic rings. The van der Waals surface area contributed by atoms with Crippen molar-refractivity contribution in [2.75, 3.05) is 18.0 Å². The van der Waals surface area contributed by atoms with Gasteiger partial charge in [0.25, 0.3) is 15.7 Å². The number of hydrogen-bond acceptors (Lipinski definition) is 7. The van der Waals surface area contributed by atoms with E-state index >= 15 is 0 Å². The van der Waals surface area contributed by atoms with Crippen LogP contribution in [0.5, 0.6) is 5.75 Å². The third-order valence-corrected chi connectivity index (χ3v) is 10.5. The fraction of sp³-hybridized carbons (Fsp3) is 0.375. The second kappa shape index (κ2) is 15.1. The van der Waals surface area contributed by atoms with Crippen molar-refractivity contribution in [3.05, 3.63) is 92.0 Å². The minimum Gasteiger partial charge on any atom is -0.497 e. The number of anilines is 1. The van der Waals surface area contributed by atoms with Gasteiger partial charge in [-0.1, -0.05) is 55.1 Å². The fourth-order valence-electron chi connectivity index (χ4n) is 5.47. The molecule has 0 heterocycles. The number of methoxy groups -OCH3 is 1. The number of hydrogen-bond donors (Lipinski definition) is 1. The molecule has 246 valence electrons. The van der Waals surface area contributed by atoms with E-state index in [1.807, 2.05) is 0 Å². The van der Waals surface area contributed by atoms with Crippen LogP contribution in [0, 0.1) is 17.0 Å². The molecule has 0 aliphatic heterocycles. The predicted molar refractivity (Wildman–Crippen MR) is 177 cm³/mol. The van der Waals surface area contributed by atoms with Gasteiger partial charge in [-0.2, -0.15) is 0 Å². The first-order chi connectivity index (χ1) is 21.8. The molecular formula is C32H36Cl2N4O7S. The van der Waals surface area contributed by atoms with Crippen molar-refractivity contribution in [2.24, 2.45) is 0 Å². The smallest absolute Gasteiger partial charge is 0.273 e. The zero-order valence-electron chi connectivity index (χ0n) is 25.7. The molecule has 0 unspecified atom stereocenters. The monoisotopic (exact) mass is 690 g/mol. The molecule has 0 saturated heterocycles. The summed E-state index contributed by atoms with van der Waals surface area (Å²) in [5, 5.41) is 15.3. The lowest BCUT2D eigenvalue weighted by Crippen LogP contribution is -2.53. The molecule has 14 heteroatoms. The Balaban J connectivity index is 1.77. The lowest BCUT2D eigenvalue weighted by atomic mass is 10.1. The van der Waals surface area contributed by atoms with Gasteiger partial charge in [-0.25, -0.2) is 8.42 Å². The molecule has 1 saturated carbocycles. The van der Waals surface area contributed by atoms with Crippen molar-refractivity contribution < 1.29 is 27.7 Å². The van der Waals surface area contributed by atoms with Gasteiger partial charge in [0.1, 0.15) is 18.3 Å². The Hall–Kier alpha value is -3.87. The van der Waals surface area contributed by atoms with E-state index in [4.69, 9.17) is 27.9 Å². The van der Waals surface area contributed by atoms with Crippen LogP contribution in [0.1, 0.15) is 50.2 Å².